The summed E-state index contributed by atoms with van der Waals surface area (Å²) in [6, 6.07) is -0.604. The summed E-state index contributed by atoms with van der Waals surface area (Å²) in [4.78, 5) is 43.7. The maximum absolute atomic E-state index is 13.9. The molecule has 0 aromatic carbocycles. The number of unbranched alkanes of at least 4 members (excludes halogenated alkanes) is 2. The summed E-state index contributed by atoms with van der Waals surface area (Å²) in [6.45, 7) is 9.34. The van der Waals surface area contributed by atoms with E-state index in [1.165, 1.54) is 0 Å². The lowest BCUT2D eigenvalue weighted by molar-refractivity contribution is -0.153. The number of thioether (sulfide) groups is 1. The first-order valence-electron chi connectivity index (χ1n) is 11.6. The number of hydrogen-bond acceptors (Lipinski definition) is 6. The Bertz CT molecular complexity index is 701. The van der Waals surface area contributed by atoms with E-state index in [0.29, 0.717) is 26.1 Å². The lowest BCUT2D eigenvalue weighted by Gasteiger charge is -2.37. The van der Waals surface area contributed by atoms with Crippen LogP contribution >= 0.6 is 11.8 Å². The van der Waals surface area contributed by atoms with E-state index in [2.05, 4.69) is 13.5 Å². The fourth-order valence-electron chi connectivity index (χ4n) is 5.59. The molecule has 7 nitrogen and oxygen atoms in total. The number of nitrogens with zero attached hydrogens (tertiary/aromatic N) is 2. The van der Waals surface area contributed by atoms with Gasteiger partial charge in [-0.2, -0.15) is 0 Å². The summed E-state index contributed by atoms with van der Waals surface area (Å²) in [6.07, 6.45) is 6.71. The van der Waals surface area contributed by atoms with E-state index >= 15 is 0 Å². The molecular weight excluding hydrogens is 416 g/mol. The first-order valence-corrected chi connectivity index (χ1v) is 12.5. The van der Waals surface area contributed by atoms with Crippen LogP contribution in [-0.4, -0.2) is 81.6 Å². The third-order valence-corrected chi connectivity index (χ3v) is 8.79. The van der Waals surface area contributed by atoms with Gasteiger partial charge >= 0.3 is 5.97 Å². The Balaban J connectivity index is 1.94. The fourth-order valence-corrected chi connectivity index (χ4v) is 7.79. The Hall–Kier alpha value is -1.54. The Labute approximate surface area is 189 Å². The van der Waals surface area contributed by atoms with Crippen molar-refractivity contribution in [3.8, 4) is 0 Å². The molecule has 3 fully saturated rings. The highest BCUT2D eigenvalue weighted by Gasteiger charge is 2.74. The van der Waals surface area contributed by atoms with Crippen LogP contribution in [0.2, 0.25) is 0 Å². The maximum Gasteiger partial charge on any atom is 0.310 e. The second-order valence-corrected chi connectivity index (χ2v) is 10.3. The highest BCUT2D eigenvalue weighted by Crippen LogP contribution is 2.66. The fraction of sp³-hybridized carbons (Fsp3) is 0.783. The molecule has 2 unspecified atom stereocenters. The topological polar surface area (TPSA) is 87.2 Å². The van der Waals surface area contributed by atoms with Crippen LogP contribution in [0.4, 0.5) is 0 Å². The smallest absolute Gasteiger partial charge is 0.310 e. The zero-order chi connectivity index (χ0) is 22.6. The molecule has 3 rings (SSSR count). The Morgan fingerprint density at radius 2 is 2.13 bits per heavy atom. The molecule has 0 aromatic rings. The van der Waals surface area contributed by atoms with Gasteiger partial charge in [-0.25, -0.2) is 0 Å². The number of amides is 2. The third kappa shape index (κ3) is 4.25. The Morgan fingerprint density at radius 1 is 1.35 bits per heavy atom. The number of ether oxygens (including phenoxy) is 1. The van der Waals surface area contributed by atoms with Gasteiger partial charge in [0.05, 0.1) is 23.2 Å². The van der Waals surface area contributed by atoms with Crippen molar-refractivity contribution in [2.45, 2.75) is 68.4 Å². The van der Waals surface area contributed by atoms with Gasteiger partial charge in [0.1, 0.15) is 6.04 Å². The van der Waals surface area contributed by atoms with Crippen molar-refractivity contribution in [1.82, 2.24) is 9.80 Å². The van der Waals surface area contributed by atoms with Crippen molar-refractivity contribution in [3.05, 3.63) is 12.7 Å². The van der Waals surface area contributed by atoms with Gasteiger partial charge in [0.25, 0.3) is 0 Å². The van der Waals surface area contributed by atoms with Crippen LogP contribution in [-0.2, 0) is 19.1 Å². The van der Waals surface area contributed by atoms with Crippen LogP contribution in [0.5, 0.6) is 0 Å². The number of fused-ring (bicyclic) bond motifs is 1. The van der Waals surface area contributed by atoms with E-state index in [0.717, 1.165) is 32.1 Å². The van der Waals surface area contributed by atoms with Crippen molar-refractivity contribution in [1.29, 1.82) is 0 Å². The first kappa shape index (κ1) is 24.1. The predicted molar refractivity (Wildman–Crippen MR) is 120 cm³/mol. The number of carbonyl (C=O) groups is 3. The highest BCUT2D eigenvalue weighted by molar-refractivity contribution is 8.02. The first-order chi connectivity index (χ1) is 15.0. The molecule has 0 radical (unpaired) electrons. The van der Waals surface area contributed by atoms with Crippen LogP contribution < -0.4 is 0 Å². The van der Waals surface area contributed by atoms with Gasteiger partial charge in [0, 0.05) is 31.5 Å². The van der Waals surface area contributed by atoms with Gasteiger partial charge in [0.2, 0.25) is 11.8 Å². The number of rotatable bonds is 12. The molecular formula is C23H36N2O5S. The van der Waals surface area contributed by atoms with Crippen LogP contribution in [0.25, 0.3) is 0 Å². The van der Waals surface area contributed by atoms with E-state index in [4.69, 9.17) is 4.74 Å². The van der Waals surface area contributed by atoms with Gasteiger partial charge in [-0.15, -0.1) is 18.3 Å². The highest BCUT2D eigenvalue weighted by atomic mass is 32.2. The molecule has 0 aromatic heterocycles. The molecule has 2 bridgehead atoms. The maximum atomic E-state index is 13.9. The van der Waals surface area contributed by atoms with Gasteiger partial charge in [-0.05, 0) is 32.6 Å². The molecule has 1 N–H and O–H groups in total. The molecule has 3 saturated heterocycles. The van der Waals surface area contributed by atoms with Crippen molar-refractivity contribution in [2.75, 3.05) is 32.8 Å². The van der Waals surface area contributed by atoms with Gasteiger partial charge in [0.15, 0.2) is 0 Å². The molecule has 31 heavy (non-hydrogen) atoms. The average molecular weight is 453 g/mol. The van der Waals surface area contributed by atoms with E-state index in [1.54, 1.807) is 29.7 Å². The van der Waals surface area contributed by atoms with Crippen LogP contribution in [0.15, 0.2) is 12.7 Å². The lowest BCUT2D eigenvalue weighted by Crippen LogP contribution is -2.55. The molecule has 1 spiro atoms. The molecule has 3 aliphatic rings. The number of esters is 1. The summed E-state index contributed by atoms with van der Waals surface area (Å²) in [5.74, 6) is -1.52. The second-order valence-electron chi connectivity index (χ2n) is 8.70. The Kier molecular flexibility index (Phi) is 8.08. The standard InChI is InChI=1S/C23H36N2O5S/c1-4-7-8-13-24(12-5-2)21(28)19-23-11-10-16(31-23)17(22(29)30-6-3)18(23)20(27)25(19)14-9-15-26/h5,16-19,26H,2,4,6-15H2,1,3H3/t16-,17+,18-,19?,23?/m0/s1. The van der Waals surface area contributed by atoms with Crippen molar-refractivity contribution in [2.24, 2.45) is 11.8 Å². The zero-order valence-electron chi connectivity index (χ0n) is 18.8. The molecule has 0 saturated carbocycles. The Morgan fingerprint density at radius 3 is 2.77 bits per heavy atom. The SMILES string of the molecule is C=CCN(CCCCC)C(=O)C1N(CCCO)C(=O)[C@@H]2[C@H](C(=O)OCC)[C@@H]3CCC12S3. The zero-order valence-corrected chi connectivity index (χ0v) is 19.6. The molecule has 5 atom stereocenters. The normalized spacial score (nSPS) is 31.1. The van der Waals surface area contributed by atoms with Gasteiger partial charge < -0.3 is 19.6 Å². The van der Waals surface area contributed by atoms with Crippen LogP contribution in [0.3, 0.4) is 0 Å². The van der Waals surface area contributed by atoms with Gasteiger partial charge in [-0.1, -0.05) is 25.8 Å². The lowest BCUT2D eigenvalue weighted by atomic mass is 9.71. The van der Waals surface area contributed by atoms with E-state index < -0.39 is 22.6 Å². The number of hydrogen-bond donors (Lipinski definition) is 1. The predicted octanol–water partition coefficient (Wildman–Crippen LogP) is 2.23. The molecule has 0 aliphatic carbocycles. The summed E-state index contributed by atoms with van der Waals surface area (Å²) in [5.41, 5.74) is 0. The summed E-state index contributed by atoms with van der Waals surface area (Å²) < 4.78 is 4.74. The van der Waals surface area contributed by atoms with Crippen molar-refractivity contribution in [3.63, 3.8) is 0 Å². The minimum Gasteiger partial charge on any atom is -0.466 e. The summed E-state index contributed by atoms with van der Waals surface area (Å²) >= 11 is 1.65. The average Bonchev–Trinajstić information content (AvgIpc) is 3.39. The minimum absolute atomic E-state index is 0.0243. The van der Waals surface area contributed by atoms with Crippen molar-refractivity contribution < 1.29 is 24.2 Å². The second kappa shape index (κ2) is 10.4. The molecule has 3 heterocycles. The summed E-state index contributed by atoms with van der Waals surface area (Å²) in [7, 11) is 0. The van der Waals surface area contributed by atoms with Crippen molar-refractivity contribution >= 4 is 29.5 Å². The van der Waals surface area contributed by atoms with Crippen LogP contribution in [0, 0.1) is 11.8 Å². The molecule has 174 valence electrons. The molecule has 3 aliphatic heterocycles. The number of aliphatic hydroxyl groups is 1. The molecule has 8 heteroatoms. The van der Waals surface area contributed by atoms with E-state index in [1.807, 2.05) is 4.90 Å². The minimum atomic E-state index is -0.604. The van der Waals surface area contributed by atoms with E-state index in [-0.39, 0.29) is 36.2 Å². The quantitative estimate of drug-likeness (QED) is 0.278. The van der Waals surface area contributed by atoms with E-state index in [9.17, 15) is 19.5 Å². The summed E-state index contributed by atoms with van der Waals surface area (Å²) in [5, 5.41) is 9.42. The monoisotopic (exact) mass is 452 g/mol. The third-order valence-electron chi connectivity index (χ3n) is 6.84. The largest absolute Gasteiger partial charge is 0.466 e. The number of likely N-dealkylation sites (tertiary alicyclic amines) is 1. The van der Waals surface area contributed by atoms with Crippen LogP contribution in [0.1, 0.15) is 52.4 Å². The van der Waals surface area contributed by atoms with Gasteiger partial charge in [-0.3, -0.25) is 14.4 Å². The number of aliphatic hydroxyl groups excluding tert-OH is 1. The molecule has 2 amide bonds. The number of carbonyl (C=O) groups excluding carboxylic acids is 3.